The number of aryl methyl sites for hydroxylation is 1. The molecule has 3 heterocycles. The van der Waals surface area contributed by atoms with E-state index in [9.17, 15) is 14.0 Å². The van der Waals surface area contributed by atoms with Crippen molar-refractivity contribution >= 4 is 5.91 Å². The zero-order valence-corrected chi connectivity index (χ0v) is 16.0. The molecule has 0 aliphatic carbocycles. The Morgan fingerprint density at radius 2 is 2.17 bits per heavy atom. The predicted molar refractivity (Wildman–Crippen MR) is 103 cm³/mol. The fourth-order valence-electron chi connectivity index (χ4n) is 3.61. The molecule has 8 heteroatoms. The molecule has 4 rings (SSSR count). The normalized spacial score (nSPS) is 16.3. The zero-order chi connectivity index (χ0) is 20.4. The van der Waals surface area contributed by atoms with Crippen molar-refractivity contribution in [1.29, 1.82) is 0 Å². The van der Waals surface area contributed by atoms with E-state index < -0.39 is 0 Å². The molecule has 1 fully saturated rings. The van der Waals surface area contributed by atoms with E-state index in [1.54, 1.807) is 30.2 Å². The van der Waals surface area contributed by atoms with Gasteiger partial charge in [0.05, 0.1) is 11.9 Å². The third kappa shape index (κ3) is 4.26. The number of carbonyl (C=O) groups excluding carboxylic acids is 1. The Balaban J connectivity index is 1.48. The molecule has 29 heavy (non-hydrogen) atoms. The molecule has 150 valence electrons. The van der Waals surface area contributed by atoms with Crippen molar-refractivity contribution in [1.82, 2.24) is 19.7 Å². The molecule has 0 N–H and O–H groups in total. The highest BCUT2D eigenvalue weighted by molar-refractivity contribution is 5.76. The number of likely N-dealkylation sites (tertiary alicyclic amines) is 1. The van der Waals surface area contributed by atoms with Crippen LogP contribution in [0.15, 0.2) is 51.8 Å². The number of carbonyl (C=O) groups is 1. The Morgan fingerprint density at radius 3 is 3.00 bits per heavy atom. The molecule has 0 saturated carbocycles. The maximum Gasteiger partial charge on any atom is 0.267 e. The van der Waals surface area contributed by atoms with E-state index >= 15 is 0 Å². The average Bonchev–Trinajstić information content (AvgIpc) is 3.34. The number of halogens is 1. The molecule has 1 aliphatic rings. The summed E-state index contributed by atoms with van der Waals surface area (Å²) in [4.78, 5) is 30.8. The summed E-state index contributed by atoms with van der Waals surface area (Å²) in [5.41, 5.74) is 1.15. The monoisotopic (exact) mass is 396 g/mol. The van der Waals surface area contributed by atoms with Gasteiger partial charge in [-0.05, 0) is 43.5 Å². The van der Waals surface area contributed by atoms with Crippen LogP contribution in [0.4, 0.5) is 4.39 Å². The van der Waals surface area contributed by atoms with E-state index in [1.165, 1.54) is 22.9 Å². The van der Waals surface area contributed by atoms with Gasteiger partial charge in [-0.25, -0.2) is 14.1 Å². The largest absolute Gasteiger partial charge is 0.443 e. The van der Waals surface area contributed by atoms with Crippen molar-refractivity contribution in [3.05, 3.63) is 81.7 Å². The topological polar surface area (TPSA) is 81.2 Å². The molecule has 0 bridgehead atoms. The molecule has 2 aromatic heterocycles. The lowest BCUT2D eigenvalue weighted by Gasteiger charge is -2.22. The summed E-state index contributed by atoms with van der Waals surface area (Å²) in [6.45, 7) is 2.23. The second-order valence-electron chi connectivity index (χ2n) is 7.19. The molecule has 1 amide bonds. The third-order valence-corrected chi connectivity index (χ3v) is 4.98. The first-order valence-electron chi connectivity index (χ1n) is 9.53. The molecule has 1 saturated heterocycles. The first-order valence-corrected chi connectivity index (χ1v) is 9.53. The highest BCUT2D eigenvalue weighted by Crippen LogP contribution is 2.32. The zero-order valence-electron chi connectivity index (χ0n) is 16.0. The lowest BCUT2D eigenvalue weighted by molar-refractivity contribution is -0.133. The van der Waals surface area contributed by atoms with Crippen LogP contribution in [0.25, 0.3) is 0 Å². The lowest BCUT2D eigenvalue weighted by Crippen LogP contribution is -2.37. The highest BCUT2D eigenvalue weighted by atomic mass is 19.1. The molecular formula is C21H21FN4O3. The van der Waals surface area contributed by atoms with Crippen molar-refractivity contribution in [3.63, 3.8) is 0 Å². The van der Waals surface area contributed by atoms with Crippen molar-refractivity contribution in [2.24, 2.45) is 0 Å². The minimum Gasteiger partial charge on any atom is -0.443 e. The Hall–Kier alpha value is -3.29. The molecule has 7 nitrogen and oxygen atoms in total. The van der Waals surface area contributed by atoms with Gasteiger partial charge in [-0.1, -0.05) is 12.1 Å². The molecule has 3 aromatic rings. The Labute approximate surface area is 166 Å². The van der Waals surface area contributed by atoms with E-state index in [4.69, 9.17) is 4.42 Å². The van der Waals surface area contributed by atoms with Gasteiger partial charge >= 0.3 is 0 Å². The summed E-state index contributed by atoms with van der Waals surface area (Å²) < 4.78 is 20.4. The fourth-order valence-corrected chi connectivity index (χ4v) is 3.61. The molecule has 0 radical (unpaired) electrons. The number of hydrogen-bond acceptors (Lipinski definition) is 5. The molecule has 0 unspecified atom stereocenters. The number of nitrogens with zero attached hydrogens (tertiary/aromatic N) is 4. The van der Waals surface area contributed by atoms with Crippen molar-refractivity contribution in [2.75, 3.05) is 6.54 Å². The number of oxazole rings is 1. The Bertz CT molecular complexity index is 1090. The van der Waals surface area contributed by atoms with Gasteiger partial charge in [0.1, 0.15) is 24.2 Å². The summed E-state index contributed by atoms with van der Waals surface area (Å²) in [5, 5.41) is 4.13. The van der Waals surface area contributed by atoms with Gasteiger partial charge in [-0.15, -0.1) is 0 Å². The first-order chi connectivity index (χ1) is 14.0. The summed E-state index contributed by atoms with van der Waals surface area (Å²) >= 11 is 0. The van der Waals surface area contributed by atoms with E-state index in [0.717, 1.165) is 18.4 Å². The standard InChI is InChI=1S/C21H21FN4O3/c1-14-7-8-19(27)26(24-14)13-20(28)25-9-3-6-18(25)21-23-12-17(29-21)11-15-4-2-5-16(22)10-15/h2,4-5,7-8,10,12,18H,3,6,9,11,13H2,1H3/t18-/m0/s1. The van der Waals surface area contributed by atoms with Crippen LogP contribution < -0.4 is 5.56 Å². The fraction of sp³-hybridized carbons (Fsp3) is 0.333. The quantitative estimate of drug-likeness (QED) is 0.662. The van der Waals surface area contributed by atoms with Gasteiger partial charge in [-0.3, -0.25) is 9.59 Å². The van der Waals surface area contributed by atoms with Crippen molar-refractivity contribution < 1.29 is 13.6 Å². The Kier molecular flexibility index (Phi) is 5.24. The van der Waals surface area contributed by atoms with Gasteiger partial charge < -0.3 is 9.32 Å². The van der Waals surface area contributed by atoms with E-state index in [1.807, 2.05) is 6.07 Å². The number of aromatic nitrogens is 3. The number of rotatable bonds is 5. The maximum absolute atomic E-state index is 13.4. The van der Waals surface area contributed by atoms with E-state index in [2.05, 4.69) is 10.1 Å². The molecule has 1 atom stereocenters. The summed E-state index contributed by atoms with van der Waals surface area (Å²) in [5.74, 6) is 0.584. The van der Waals surface area contributed by atoms with Crippen LogP contribution in [-0.2, 0) is 17.8 Å². The van der Waals surface area contributed by atoms with Crippen LogP contribution in [0.1, 0.15) is 41.8 Å². The SMILES string of the molecule is Cc1ccc(=O)n(CC(=O)N2CCC[C@H]2c2ncc(Cc3cccc(F)c3)o2)n1. The first kappa shape index (κ1) is 19.0. The third-order valence-electron chi connectivity index (χ3n) is 4.98. The average molecular weight is 396 g/mol. The van der Waals surface area contributed by atoms with Crippen LogP contribution in [-0.4, -0.2) is 32.1 Å². The predicted octanol–water partition coefficient (Wildman–Crippen LogP) is 2.63. The van der Waals surface area contributed by atoms with Gasteiger partial charge in [-0.2, -0.15) is 5.10 Å². The second-order valence-corrected chi connectivity index (χ2v) is 7.19. The summed E-state index contributed by atoms with van der Waals surface area (Å²) in [6, 6.07) is 9.08. The van der Waals surface area contributed by atoms with Gasteiger partial charge in [0.2, 0.25) is 11.8 Å². The second kappa shape index (κ2) is 7.98. The van der Waals surface area contributed by atoms with Gasteiger partial charge in [0.25, 0.3) is 5.56 Å². The molecular weight excluding hydrogens is 375 g/mol. The van der Waals surface area contributed by atoms with Crippen LogP contribution >= 0.6 is 0 Å². The van der Waals surface area contributed by atoms with Crippen LogP contribution in [0.3, 0.4) is 0 Å². The highest BCUT2D eigenvalue weighted by Gasteiger charge is 2.33. The minimum absolute atomic E-state index is 0.117. The lowest BCUT2D eigenvalue weighted by atomic mass is 10.1. The summed E-state index contributed by atoms with van der Waals surface area (Å²) in [7, 11) is 0. The van der Waals surface area contributed by atoms with Gasteiger partial charge in [0.15, 0.2) is 0 Å². The number of hydrogen-bond donors (Lipinski definition) is 0. The van der Waals surface area contributed by atoms with Gasteiger partial charge in [0, 0.05) is 19.0 Å². The van der Waals surface area contributed by atoms with E-state index in [0.29, 0.717) is 30.3 Å². The van der Waals surface area contributed by atoms with Crippen LogP contribution in [0, 0.1) is 12.7 Å². The maximum atomic E-state index is 13.4. The molecule has 1 aliphatic heterocycles. The van der Waals surface area contributed by atoms with Crippen molar-refractivity contribution in [3.8, 4) is 0 Å². The summed E-state index contributed by atoms with van der Waals surface area (Å²) in [6.07, 6.45) is 3.61. The van der Waals surface area contributed by atoms with Crippen molar-refractivity contribution in [2.45, 2.75) is 38.8 Å². The number of amides is 1. The van der Waals surface area contributed by atoms with E-state index in [-0.39, 0.29) is 29.9 Å². The molecule has 0 spiro atoms. The molecule has 1 aromatic carbocycles. The van der Waals surface area contributed by atoms with Crippen LogP contribution in [0.2, 0.25) is 0 Å². The Morgan fingerprint density at radius 1 is 1.31 bits per heavy atom. The minimum atomic E-state index is -0.312. The smallest absolute Gasteiger partial charge is 0.267 e. The number of benzene rings is 1. The van der Waals surface area contributed by atoms with Crippen LogP contribution in [0.5, 0.6) is 0 Å².